The minimum Gasteiger partial charge on any atom is -0.496 e. The molecule has 1 aliphatic rings. The van der Waals surface area contributed by atoms with E-state index in [0.717, 1.165) is 29.9 Å². The van der Waals surface area contributed by atoms with Gasteiger partial charge in [-0.1, -0.05) is 6.07 Å². The van der Waals surface area contributed by atoms with Crippen molar-refractivity contribution < 1.29 is 9.47 Å². The molecule has 0 unspecified atom stereocenters. The van der Waals surface area contributed by atoms with Gasteiger partial charge in [-0.3, -0.25) is 0 Å². The van der Waals surface area contributed by atoms with Crippen LogP contribution in [-0.4, -0.2) is 20.3 Å². The molecule has 1 saturated carbocycles. The highest BCUT2D eigenvalue weighted by Gasteiger charge is 2.30. The molecule has 16 heavy (non-hydrogen) atoms. The molecule has 2 N–H and O–H groups in total. The van der Waals surface area contributed by atoms with E-state index in [4.69, 9.17) is 15.2 Å². The van der Waals surface area contributed by atoms with Gasteiger partial charge in [0.25, 0.3) is 0 Å². The largest absolute Gasteiger partial charge is 0.496 e. The van der Waals surface area contributed by atoms with Crippen molar-refractivity contribution in [3.8, 4) is 11.5 Å². The van der Waals surface area contributed by atoms with Crippen LogP contribution in [0.25, 0.3) is 0 Å². The Morgan fingerprint density at radius 1 is 1.19 bits per heavy atom. The summed E-state index contributed by atoms with van der Waals surface area (Å²) in [5.74, 6) is 2.38. The van der Waals surface area contributed by atoms with Gasteiger partial charge in [-0.2, -0.15) is 0 Å². The fourth-order valence-electron chi connectivity index (χ4n) is 2.42. The second-order valence-electron chi connectivity index (χ2n) is 4.44. The topological polar surface area (TPSA) is 44.5 Å². The van der Waals surface area contributed by atoms with Crippen LogP contribution in [0.2, 0.25) is 0 Å². The quantitative estimate of drug-likeness (QED) is 0.851. The van der Waals surface area contributed by atoms with Crippen molar-refractivity contribution in [2.75, 3.05) is 14.2 Å². The van der Waals surface area contributed by atoms with Crippen molar-refractivity contribution in [3.05, 3.63) is 23.3 Å². The van der Waals surface area contributed by atoms with Gasteiger partial charge in [-0.25, -0.2) is 0 Å². The number of hydrogen-bond acceptors (Lipinski definition) is 3. The van der Waals surface area contributed by atoms with Crippen LogP contribution < -0.4 is 15.2 Å². The average Bonchev–Trinajstić information content (AvgIpc) is 2.24. The molecule has 0 aliphatic heterocycles. The fourth-order valence-corrected chi connectivity index (χ4v) is 2.42. The van der Waals surface area contributed by atoms with Crippen molar-refractivity contribution in [2.45, 2.75) is 31.7 Å². The van der Waals surface area contributed by atoms with Crippen LogP contribution in [0, 0.1) is 6.92 Å². The van der Waals surface area contributed by atoms with Crippen LogP contribution in [0.5, 0.6) is 11.5 Å². The number of benzene rings is 1. The number of rotatable bonds is 3. The summed E-state index contributed by atoms with van der Waals surface area (Å²) in [7, 11) is 3.39. The molecule has 0 spiro atoms. The first-order chi connectivity index (χ1) is 7.67. The molecule has 0 aromatic heterocycles. The molecule has 0 amide bonds. The molecule has 1 aromatic rings. The van der Waals surface area contributed by atoms with Gasteiger partial charge in [-0.05, 0) is 37.3 Å². The van der Waals surface area contributed by atoms with Crippen LogP contribution in [0.3, 0.4) is 0 Å². The summed E-state index contributed by atoms with van der Waals surface area (Å²) in [5.41, 5.74) is 8.16. The van der Waals surface area contributed by atoms with Crippen molar-refractivity contribution in [3.63, 3.8) is 0 Å². The zero-order chi connectivity index (χ0) is 11.7. The minimum absolute atomic E-state index is 0.358. The predicted octanol–water partition coefficient (Wildman–Crippen LogP) is 2.22. The van der Waals surface area contributed by atoms with Gasteiger partial charge in [0, 0.05) is 11.6 Å². The third kappa shape index (κ3) is 1.76. The standard InChI is InChI=1S/C13H19NO2/c1-8-12(15-2)5-4-11(13(8)16-3)9-6-10(14)7-9/h4-5,9-10H,6-7,14H2,1-3H3. The molecule has 0 atom stereocenters. The average molecular weight is 221 g/mol. The van der Waals surface area contributed by atoms with E-state index >= 15 is 0 Å². The Morgan fingerprint density at radius 3 is 2.38 bits per heavy atom. The van der Waals surface area contributed by atoms with Gasteiger partial charge in [0.2, 0.25) is 0 Å². The van der Waals surface area contributed by atoms with E-state index in [9.17, 15) is 0 Å². The van der Waals surface area contributed by atoms with E-state index in [0.29, 0.717) is 12.0 Å². The molecule has 0 heterocycles. The van der Waals surface area contributed by atoms with Crippen LogP contribution in [0.1, 0.15) is 29.9 Å². The third-order valence-corrected chi connectivity index (χ3v) is 3.43. The molecule has 0 bridgehead atoms. The summed E-state index contributed by atoms with van der Waals surface area (Å²) in [6.45, 7) is 2.03. The first-order valence-electron chi connectivity index (χ1n) is 5.64. The maximum atomic E-state index is 5.83. The zero-order valence-electron chi connectivity index (χ0n) is 10.1. The van der Waals surface area contributed by atoms with Crippen LogP contribution in [-0.2, 0) is 0 Å². The summed E-state index contributed by atoms with van der Waals surface area (Å²) >= 11 is 0. The zero-order valence-corrected chi connectivity index (χ0v) is 10.1. The Balaban J connectivity index is 2.35. The Labute approximate surface area is 96.5 Å². The Kier molecular flexibility index (Phi) is 3.06. The smallest absolute Gasteiger partial charge is 0.128 e. The van der Waals surface area contributed by atoms with Gasteiger partial charge in [0.15, 0.2) is 0 Å². The molecule has 88 valence electrons. The summed E-state index contributed by atoms with van der Waals surface area (Å²) in [5, 5.41) is 0. The third-order valence-electron chi connectivity index (χ3n) is 3.43. The molecule has 0 radical (unpaired) electrons. The van der Waals surface area contributed by atoms with Crippen molar-refractivity contribution in [2.24, 2.45) is 5.73 Å². The van der Waals surface area contributed by atoms with Crippen molar-refractivity contribution in [1.82, 2.24) is 0 Å². The molecule has 1 aliphatic carbocycles. The SMILES string of the molecule is COc1ccc(C2CC(N)C2)c(OC)c1C. The van der Waals surface area contributed by atoms with Gasteiger partial charge >= 0.3 is 0 Å². The highest BCUT2D eigenvalue weighted by Crippen LogP contribution is 2.43. The van der Waals surface area contributed by atoms with Crippen molar-refractivity contribution in [1.29, 1.82) is 0 Å². The van der Waals surface area contributed by atoms with E-state index in [1.54, 1.807) is 14.2 Å². The highest BCUT2D eigenvalue weighted by molar-refractivity contribution is 5.51. The molecule has 2 rings (SSSR count). The summed E-state index contributed by atoms with van der Waals surface area (Å²) in [6, 6.07) is 4.47. The molecule has 1 aromatic carbocycles. The van der Waals surface area contributed by atoms with E-state index < -0.39 is 0 Å². The van der Waals surface area contributed by atoms with Gasteiger partial charge in [0.1, 0.15) is 11.5 Å². The van der Waals surface area contributed by atoms with E-state index in [2.05, 4.69) is 6.07 Å². The molecular weight excluding hydrogens is 202 g/mol. The Bertz CT molecular complexity index is 384. The fraction of sp³-hybridized carbons (Fsp3) is 0.538. The van der Waals surface area contributed by atoms with Gasteiger partial charge in [-0.15, -0.1) is 0 Å². The lowest BCUT2D eigenvalue weighted by molar-refractivity contribution is 0.330. The molecule has 3 heteroatoms. The highest BCUT2D eigenvalue weighted by atomic mass is 16.5. The van der Waals surface area contributed by atoms with Gasteiger partial charge in [0.05, 0.1) is 14.2 Å². The summed E-state index contributed by atoms with van der Waals surface area (Å²) in [4.78, 5) is 0. The first-order valence-corrected chi connectivity index (χ1v) is 5.64. The van der Waals surface area contributed by atoms with Gasteiger partial charge < -0.3 is 15.2 Å². The maximum absolute atomic E-state index is 5.83. The first kappa shape index (κ1) is 11.3. The maximum Gasteiger partial charge on any atom is 0.128 e. The molecular formula is C13H19NO2. The Hall–Kier alpha value is -1.22. The summed E-state index contributed by atoms with van der Waals surface area (Å²) in [6.07, 6.45) is 2.12. The predicted molar refractivity (Wildman–Crippen MR) is 64.2 cm³/mol. The number of ether oxygens (including phenoxy) is 2. The molecule has 0 saturated heterocycles. The molecule has 1 fully saturated rings. The van der Waals surface area contributed by atoms with Crippen molar-refractivity contribution >= 4 is 0 Å². The second-order valence-corrected chi connectivity index (χ2v) is 4.44. The summed E-state index contributed by atoms with van der Waals surface area (Å²) < 4.78 is 10.8. The van der Waals surface area contributed by atoms with E-state index in [1.807, 2.05) is 13.0 Å². The van der Waals surface area contributed by atoms with E-state index in [1.165, 1.54) is 5.56 Å². The monoisotopic (exact) mass is 221 g/mol. The lowest BCUT2D eigenvalue weighted by Crippen LogP contribution is -2.34. The minimum atomic E-state index is 0.358. The molecule has 3 nitrogen and oxygen atoms in total. The lowest BCUT2D eigenvalue weighted by atomic mass is 9.75. The second kappa shape index (κ2) is 4.34. The van der Waals surface area contributed by atoms with Crippen LogP contribution >= 0.6 is 0 Å². The van der Waals surface area contributed by atoms with Crippen LogP contribution in [0.4, 0.5) is 0 Å². The number of hydrogen-bond donors (Lipinski definition) is 1. The normalized spacial score (nSPS) is 23.8. The van der Waals surface area contributed by atoms with Crippen LogP contribution in [0.15, 0.2) is 12.1 Å². The van der Waals surface area contributed by atoms with E-state index in [-0.39, 0.29) is 0 Å². The number of methoxy groups -OCH3 is 2. The number of nitrogens with two attached hydrogens (primary N) is 1. The lowest BCUT2D eigenvalue weighted by Gasteiger charge is -2.34. The Morgan fingerprint density at radius 2 is 1.88 bits per heavy atom.